The smallest absolute Gasteiger partial charge is 0.284 e. The molecular weight excluding hydrogens is 476 g/mol. The fraction of sp³-hybridized carbons (Fsp3) is 0.217. The molecule has 0 bridgehead atoms. The van der Waals surface area contributed by atoms with Gasteiger partial charge in [-0.2, -0.15) is 5.10 Å². The molecule has 0 spiro atoms. The molecule has 1 aliphatic rings. The number of methoxy groups -OCH3 is 2. The van der Waals surface area contributed by atoms with Gasteiger partial charge in [0.15, 0.2) is 17.3 Å². The van der Waals surface area contributed by atoms with Crippen LogP contribution in [-0.4, -0.2) is 46.8 Å². The average Bonchev–Trinajstić information content (AvgIpc) is 3.68. The van der Waals surface area contributed by atoms with Gasteiger partial charge >= 0.3 is 0 Å². The second-order valence-corrected chi connectivity index (χ2v) is 9.11. The number of ether oxygens (including phenoxy) is 2. The number of thiophene rings is 1. The van der Waals surface area contributed by atoms with E-state index in [1.165, 1.54) is 11.3 Å². The largest absolute Gasteiger partial charge is 0.493 e. The number of carbonyl (C=O) groups is 1. The normalized spacial score (nSPS) is 15.4. The van der Waals surface area contributed by atoms with E-state index in [0.717, 1.165) is 27.9 Å². The van der Waals surface area contributed by atoms with Crippen molar-refractivity contribution in [3.63, 3.8) is 0 Å². The predicted octanol–water partition coefficient (Wildman–Crippen LogP) is 4.88. The van der Waals surface area contributed by atoms with Crippen LogP contribution in [0.15, 0.2) is 73.3 Å². The summed E-state index contributed by atoms with van der Waals surface area (Å²) in [5.74, 6) is 1.88. The summed E-state index contributed by atoms with van der Waals surface area (Å²) in [6, 6.07) is 12.8. The zero-order valence-corrected chi connectivity index (χ0v) is 20.0. The van der Waals surface area contributed by atoms with Crippen molar-refractivity contribution in [3.8, 4) is 23.1 Å². The lowest BCUT2D eigenvalue weighted by Gasteiger charge is -2.22. The van der Waals surface area contributed by atoms with E-state index in [2.05, 4.69) is 15.3 Å². The second-order valence-electron chi connectivity index (χ2n) is 7.24. The Hall–Kier alpha value is -3.57. The van der Waals surface area contributed by atoms with Crippen LogP contribution in [0.4, 0.5) is 0 Å². The van der Waals surface area contributed by atoms with Crippen LogP contribution in [-0.2, 0) is 4.79 Å². The first-order valence-corrected chi connectivity index (χ1v) is 12.2. The Morgan fingerprint density at radius 1 is 1.18 bits per heavy atom. The molecule has 0 aliphatic carbocycles. The minimum Gasteiger partial charge on any atom is -0.493 e. The quantitative estimate of drug-likeness (QED) is 0.318. The number of hydrogen-bond acceptors (Lipinski definition) is 10. The maximum Gasteiger partial charge on any atom is 0.284 e. The second kappa shape index (κ2) is 9.74. The minimum atomic E-state index is -0.272. The number of benzene rings is 1. The first-order valence-electron chi connectivity index (χ1n) is 10.3. The molecule has 0 unspecified atom stereocenters. The van der Waals surface area contributed by atoms with E-state index in [-0.39, 0.29) is 28.8 Å². The third-order valence-corrected chi connectivity index (χ3v) is 6.94. The van der Waals surface area contributed by atoms with Gasteiger partial charge in [0.2, 0.25) is 0 Å². The fourth-order valence-corrected chi connectivity index (χ4v) is 4.95. The molecule has 0 saturated carbocycles. The Bertz CT molecular complexity index is 1300. The molecule has 1 aromatic carbocycles. The summed E-state index contributed by atoms with van der Waals surface area (Å²) < 4.78 is 21.7. The third-order valence-electron chi connectivity index (χ3n) is 5.22. The van der Waals surface area contributed by atoms with Gasteiger partial charge in [0, 0.05) is 6.42 Å². The molecule has 0 N–H and O–H groups in total. The lowest BCUT2D eigenvalue weighted by atomic mass is 10.0. The number of aromatic nitrogens is 2. The van der Waals surface area contributed by atoms with Gasteiger partial charge in [-0.05, 0) is 41.3 Å². The first kappa shape index (κ1) is 22.2. The predicted molar refractivity (Wildman–Crippen MR) is 127 cm³/mol. The highest BCUT2D eigenvalue weighted by atomic mass is 32.2. The van der Waals surface area contributed by atoms with Crippen molar-refractivity contribution in [1.82, 2.24) is 15.2 Å². The van der Waals surface area contributed by atoms with Gasteiger partial charge in [-0.25, -0.2) is 5.01 Å². The monoisotopic (exact) mass is 496 g/mol. The molecule has 4 heterocycles. The molecule has 1 amide bonds. The average molecular weight is 497 g/mol. The van der Waals surface area contributed by atoms with Crippen molar-refractivity contribution in [2.24, 2.45) is 5.10 Å². The number of nitrogens with zero attached hydrogens (tertiary/aromatic N) is 4. The Morgan fingerprint density at radius 3 is 2.79 bits per heavy atom. The topological polar surface area (TPSA) is 103 Å². The zero-order valence-electron chi connectivity index (χ0n) is 18.3. The maximum atomic E-state index is 13.3. The highest BCUT2D eigenvalue weighted by Crippen LogP contribution is 2.38. The van der Waals surface area contributed by atoms with Gasteiger partial charge in [-0.1, -0.05) is 23.9 Å². The van der Waals surface area contributed by atoms with Gasteiger partial charge in [0.1, 0.15) is 0 Å². The van der Waals surface area contributed by atoms with Gasteiger partial charge in [-0.15, -0.1) is 21.5 Å². The fourth-order valence-electron chi connectivity index (χ4n) is 3.61. The van der Waals surface area contributed by atoms with Crippen molar-refractivity contribution >= 4 is 34.7 Å². The summed E-state index contributed by atoms with van der Waals surface area (Å²) in [6.45, 7) is 0. The summed E-state index contributed by atoms with van der Waals surface area (Å²) in [5, 5.41) is 16.5. The number of hydrazone groups is 1. The number of carbonyl (C=O) groups excluding carboxylic acids is 1. The summed E-state index contributed by atoms with van der Waals surface area (Å²) in [5.41, 5.74) is 1.77. The standard InChI is InChI=1S/C23H20N4O5S2/c1-29-17-8-7-14(11-19(17)30-2)16-12-15(20-6-4-10-33-20)26-27(16)21(28)13-34-23-25-24-22(32-23)18-5-3-9-31-18/h3-11,16H,12-13H2,1-2H3/t16-/m1/s1. The van der Waals surface area contributed by atoms with Crippen LogP contribution in [0.25, 0.3) is 11.7 Å². The van der Waals surface area contributed by atoms with Crippen molar-refractivity contribution < 1.29 is 23.1 Å². The van der Waals surface area contributed by atoms with E-state index < -0.39 is 0 Å². The van der Waals surface area contributed by atoms with Gasteiger partial charge in [0.05, 0.1) is 42.9 Å². The number of amides is 1. The molecule has 11 heteroatoms. The van der Waals surface area contributed by atoms with E-state index in [9.17, 15) is 4.79 Å². The first-order chi connectivity index (χ1) is 16.7. The molecule has 0 saturated heterocycles. The van der Waals surface area contributed by atoms with E-state index in [1.807, 2.05) is 35.7 Å². The maximum absolute atomic E-state index is 13.3. The number of rotatable bonds is 8. The molecule has 5 rings (SSSR count). The van der Waals surface area contributed by atoms with Crippen LogP contribution in [0.1, 0.15) is 22.9 Å². The van der Waals surface area contributed by atoms with E-state index in [0.29, 0.717) is 23.7 Å². The Balaban J connectivity index is 1.36. The highest BCUT2D eigenvalue weighted by Gasteiger charge is 2.34. The molecule has 1 atom stereocenters. The van der Waals surface area contributed by atoms with Crippen molar-refractivity contribution in [1.29, 1.82) is 0 Å². The number of furan rings is 1. The van der Waals surface area contributed by atoms with Gasteiger partial charge in [-0.3, -0.25) is 4.79 Å². The summed E-state index contributed by atoms with van der Waals surface area (Å²) in [7, 11) is 3.18. The molecule has 174 valence electrons. The molecule has 0 fully saturated rings. The molecule has 0 radical (unpaired) electrons. The molecule has 9 nitrogen and oxygen atoms in total. The van der Waals surface area contributed by atoms with E-state index in [1.54, 1.807) is 37.7 Å². The number of hydrogen-bond donors (Lipinski definition) is 0. The molecule has 3 aromatic heterocycles. The summed E-state index contributed by atoms with van der Waals surface area (Å²) >= 11 is 2.75. The zero-order chi connectivity index (χ0) is 23.5. The highest BCUT2D eigenvalue weighted by molar-refractivity contribution is 7.99. The van der Waals surface area contributed by atoms with Crippen molar-refractivity contribution in [3.05, 3.63) is 64.5 Å². The Kier molecular flexibility index (Phi) is 6.37. The van der Waals surface area contributed by atoms with Crippen LogP contribution in [0.3, 0.4) is 0 Å². The van der Waals surface area contributed by atoms with Gasteiger partial charge in [0.25, 0.3) is 17.0 Å². The van der Waals surface area contributed by atoms with Crippen LogP contribution in [0.5, 0.6) is 11.5 Å². The Morgan fingerprint density at radius 2 is 2.06 bits per heavy atom. The summed E-state index contributed by atoms with van der Waals surface area (Å²) in [4.78, 5) is 14.3. The van der Waals surface area contributed by atoms with Gasteiger partial charge < -0.3 is 18.3 Å². The van der Waals surface area contributed by atoms with Crippen LogP contribution in [0, 0.1) is 0 Å². The van der Waals surface area contributed by atoms with Crippen molar-refractivity contribution in [2.75, 3.05) is 20.0 Å². The van der Waals surface area contributed by atoms with E-state index in [4.69, 9.17) is 18.3 Å². The van der Waals surface area contributed by atoms with Crippen LogP contribution < -0.4 is 9.47 Å². The minimum absolute atomic E-state index is 0.0881. The molecular formula is C23H20N4O5S2. The molecule has 1 aliphatic heterocycles. The molecule has 4 aromatic rings. The SMILES string of the molecule is COc1ccc([C@H]2CC(c3cccs3)=NN2C(=O)CSc2nnc(-c3ccco3)o2)cc1OC. The van der Waals surface area contributed by atoms with Crippen LogP contribution in [0.2, 0.25) is 0 Å². The summed E-state index contributed by atoms with van der Waals surface area (Å²) in [6.07, 6.45) is 2.12. The van der Waals surface area contributed by atoms with E-state index >= 15 is 0 Å². The van der Waals surface area contributed by atoms with Crippen molar-refractivity contribution in [2.45, 2.75) is 17.7 Å². The Labute approximate surface area is 203 Å². The van der Waals surface area contributed by atoms with Crippen LogP contribution >= 0.6 is 23.1 Å². The molecule has 34 heavy (non-hydrogen) atoms. The lowest BCUT2D eigenvalue weighted by molar-refractivity contribution is -0.130. The lowest BCUT2D eigenvalue weighted by Crippen LogP contribution is -2.28. The third kappa shape index (κ3) is 4.44. The number of thioether (sulfide) groups is 1.